The summed E-state index contributed by atoms with van der Waals surface area (Å²) in [6, 6.07) is 6.30. The number of nitrogens with one attached hydrogen (secondary N) is 1. The fraction of sp³-hybridized carbons (Fsp3) is 0.647. The minimum atomic E-state index is -0.100. The van der Waals surface area contributed by atoms with Crippen LogP contribution >= 0.6 is 0 Å². The smallest absolute Gasteiger partial charge is 0.126 e. The van der Waals surface area contributed by atoms with Gasteiger partial charge in [-0.15, -0.1) is 0 Å². The molecule has 0 bridgehead atoms. The monoisotopic (exact) mass is 263 g/mol. The van der Waals surface area contributed by atoms with E-state index in [2.05, 4.69) is 19.2 Å². The zero-order valence-corrected chi connectivity index (χ0v) is 12.4. The molecule has 1 saturated carbocycles. The number of hydrogen-bond acceptors (Lipinski definition) is 1. The molecule has 19 heavy (non-hydrogen) atoms. The SMILES string of the molecule is Cc1ccc(C(C)NC(C)C2CCCCC2)cc1F. The summed E-state index contributed by atoms with van der Waals surface area (Å²) >= 11 is 0. The summed E-state index contributed by atoms with van der Waals surface area (Å²) in [5, 5.41) is 3.65. The summed E-state index contributed by atoms with van der Waals surface area (Å²) in [5.41, 5.74) is 1.77. The molecule has 1 fully saturated rings. The van der Waals surface area contributed by atoms with Gasteiger partial charge in [-0.2, -0.15) is 0 Å². The lowest BCUT2D eigenvalue weighted by Crippen LogP contribution is -2.36. The van der Waals surface area contributed by atoms with Gasteiger partial charge < -0.3 is 5.32 Å². The van der Waals surface area contributed by atoms with Crippen LogP contribution in [0.4, 0.5) is 4.39 Å². The molecule has 1 aromatic rings. The molecular formula is C17H26FN. The molecule has 0 aromatic heterocycles. The molecular weight excluding hydrogens is 237 g/mol. The molecule has 2 unspecified atom stereocenters. The minimum Gasteiger partial charge on any atom is -0.307 e. The van der Waals surface area contributed by atoms with Gasteiger partial charge in [0, 0.05) is 12.1 Å². The van der Waals surface area contributed by atoms with E-state index in [9.17, 15) is 4.39 Å². The Bertz CT molecular complexity index is 410. The van der Waals surface area contributed by atoms with Gasteiger partial charge in [0.15, 0.2) is 0 Å². The summed E-state index contributed by atoms with van der Waals surface area (Å²) < 4.78 is 13.6. The molecule has 1 aliphatic carbocycles. The van der Waals surface area contributed by atoms with Crippen LogP contribution in [0.5, 0.6) is 0 Å². The lowest BCUT2D eigenvalue weighted by atomic mass is 9.84. The number of aryl methyl sites for hydroxylation is 1. The molecule has 1 N–H and O–H groups in total. The lowest BCUT2D eigenvalue weighted by molar-refractivity contribution is 0.268. The van der Waals surface area contributed by atoms with Crippen molar-refractivity contribution in [3.63, 3.8) is 0 Å². The van der Waals surface area contributed by atoms with Gasteiger partial charge in [-0.05, 0) is 56.7 Å². The topological polar surface area (TPSA) is 12.0 Å². The number of rotatable bonds is 4. The maximum atomic E-state index is 13.6. The van der Waals surface area contributed by atoms with Gasteiger partial charge in [-0.25, -0.2) is 4.39 Å². The van der Waals surface area contributed by atoms with Crippen molar-refractivity contribution < 1.29 is 4.39 Å². The molecule has 0 saturated heterocycles. The third-order valence-electron chi connectivity index (χ3n) is 4.57. The van der Waals surface area contributed by atoms with Crippen molar-refractivity contribution >= 4 is 0 Å². The first-order chi connectivity index (χ1) is 9.08. The molecule has 1 aromatic carbocycles. The van der Waals surface area contributed by atoms with Gasteiger partial charge in [0.1, 0.15) is 5.82 Å². The largest absolute Gasteiger partial charge is 0.307 e. The Labute approximate surface area is 116 Å². The predicted molar refractivity (Wildman–Crippen MR) is 78.7 cm³/mol. The fourth-order valence-corrected chi connectivity index (χ4v) is 3.14. The van der Waals surface area contributed by atoms with Gasteiger partial charge in [0.25, 0.3) is 0 Å². The van der Waals surface area contributed by atoms with E-state index in [-0.39, 0.29) is 11.9 Å². The summed E-state index contributed by atoms with van der Waals surface area (Å²) in [4.78, 5) is 0. The average Bonchev–Trinajstić information content (AvgIpc) is 2.42. The van der Waals surface area contributed by atoms with Gasteiger partial charge in [0.2, 0.25) is 0 Å². The van der Waals surface area contributed by atoms with E-state index >= 15 is 0 Å². The average molecular weight is 263 g/mol. The Kier molecular flexibility index (Phi) is 4.98. The molecule has 2 heteroatoms. The Morgan fingerprint density at radius 1 is 1.16 bits per heavy atom. The first-order valence-electron chi connectivity index (χ1n) is 7.60. The highest BCUT2D eigenvalue weighted by molar-refractivity contribution is 5.25. The van der Waals surface area contributed by atoms with Crippen LogP contribution in [0.2, 0.25) is 0 Å². The van der Waals surface area contributed by atoms with E-state index < -0.39 is 0 Å². The molecule has 0 heterocycles. The summed E-state index contributed by atoms with van der Waals surface area (Å²) in [6.07, 6.45) is 6.79. The van der Waals surface area contributed by atoms with Crippen LogP contribution in [0, 0.1) is 18.7 Å². The van der Waals surface area contributed by atoms with Crippen molar-refractivity contribution in [2.75, 3.05) is 0 Å². The highest BCUT2D eigenvalue weighted by Crippen LogP contribution is 2.27. The molecule has 2 rings (SSSR count). The zero-order valence-electron chi connectivity index (χ0n) is 12.4. The van der Waals surface area contributed by atoms with E-state index in [1.54, 1.807) is 6.07 Å². The van der Waals surface area contributed by atoms with Crippen molar-refractivity contribution in [1.82, 2.24) is 5.32 Å². The van der Waals surface area contributed by atoms with Crippen LogP contribution in [0.15, 0.2) is 18.2 Å². The van der Waals surface area contributed by atoms with Crippen LogP contribution < -0.4 is 5.32 Å². The molecule has 1 aliphatic rings. The van der Waals surface area contributed by atoms with Crippen molar-refractivity contribution in [2.24, 2.45) is 5.92 Å². The van der Waals surface area contributed by atoms with Crippen molar-refractivity contribution in [2.45, 2.75) is 65.0 Å². The Balaban J connectivity index is 1.95. The van der Waals surface area contributed by atoms with Crippen LogP contribution in [0.1, 0.15) is 63.1 Å². The molecule has 2 atom stereocenters. The summed E-state index contributed by atoms with van der Waals surface area (Å²) in [6.45, 7) is 6.21. The second-order valence-electron chi connectivity index (χ2n) is 6.08. The van der Waals surface area contributed by atoms with Crippen molar-refractivity contribution in [3.05, 3.63) is 35.1 Å². The standard InChI is InChI=1S/C17H26FN/c1-12-9-10-16(11-17(12)18)14(3)19-13(2)15-7-5-4-6-8-15/h9-11,13-15,19H,4-8H2,1-3H3. The maximum Gasteiger partial charge on any atom is 0.126 e. The molecule has 1 nitrogen and oxygen atoms in total. The summed E-state index contributed by atoms with van der Waals surface area (Å²) in [7, 11) is 0. The maximum absolute atomic E-state index is 13.6. The van der Waals surface area contributed by atoms with Gasteiger partial charge >= 0.3 is 0 Å². The second-order valence-corrected chi connectivity index (χ2v) is 6.08. The highest BCUT2D eigenvalue weighted by atomic mass is 19.1. The summed E-state index contributed by atoms with van der Waals surface area (Å²) in [5.74, 6) is 0.683. The Morgan fingerprint density at radius 3 is 2.47 bits per heavy atom. The third-order valence-corrected chi connectivity index (χ3v) is 4.57. The molecule has 0 amide bonds. The van der Waals surface area contributed by atoms with Crippen LogP contribution in [0.25, 0.3) is 0 Å². The third kappa shape index (κ3) is 3.79. The number of hydrogen-bond donors (Lipinski definition) is 1. The van der Waals surface area contributed by atoms with Crippen molar-refractivity contribution in [3.8, 4) is 0 Å². The number of halogens is 1. The van der Waals surface area contributed by atoms with E-state index in [4.69, 9.17) is 0 Å². The second kappa shape index (κ2) is 6.51. The fourth-order valence-electron chi connectivity index (χ4n) is 3.14. The molecule has 0 aliphatic heterocycles. The van der Waals surface area contributed by atoms with E-state index in [1.807, 2.05) is 19.1 Å². The van der Waals surface area contributed by atoms with Gasteiger partial charge in [0.05, 0.1) is 0 Å². The van der Waals surface area contributed by atoms with E-state index in [0.717, 1.165) is 17.0 Å². The Morgan fingerprint density at radius 2 is 1.84 bits per heavy atom. The zero-order chi connectivity index (χ0) is 13.8. The van der Waals surface area contributed by atoms with E-state index in [0.29, 0.717) is 6.04 Å². The van der Waals surface area contributed by atoms with Crippen LogP contribution in [-0.2, 0) is 0 Å². The van der Waals surface area contributed by atoms with Crippen molar-refractivity contribution in [1.29, 1.82) is 0 Å². The first-order valence-corrected chi connectivity index (χ1v) is 7.60. The lowest BCUT2D eigenvalue weighted by Gasteiger charge is -2.31. The quantitative estimate of drug-likeness (QED) is 0.826. The minimum absolute atomic E-state index is 0.100. The predicted octanol–water partition coefficient (Wildman–Crippen LogP) is 4.75. The number of benzene rings is 1. The van der Waals surface area contributed by atoms with Gasteiger partial charge in [-0.1, -0.05) is 31.4 Å². The Hall–Kier alpha value is -0.890. The first kappa shape index (κ1) is 14.5. The molecule has 106 valence electrons. The molecule has 0 spiro atoms. The molecule has 0 radical (unpaired) electrons. The van der Waals surface area contributed by atoms with Gasteiger partial charge in [-0.3, -0.25) is 0 Å². The highest BCUT2D eigenvalue weighted by Gasteiger charge is 2.21. The van der Waals surface area contributed by atoms with Crippen LogP contribution in [0.3, 0.4) is 0 Å². The normalized spacial score (nSPS) is 20.2. The van der Waals surface area contributed by atoms with E-state index in [1.165, 1.54) is 32.1 Å². The van der Waals surface area contributed by atoms with Crippen LogP contribution in [-0.4, -0.2) is 6.04 Å².